The van der Waals surface area contributed by atoms with Crippen LogP contribution in [0.1, 0.15) is 31.7 Å². The summed E-state index contributed by atoms with van der Waals surface area (Å²) in [7, 11) is -1.43. The molecule has 0 bridgehead atoms. The highest BCUT2D eigenvalue weighted by Crippen LogP contribution is 2.28. The van der Waals surface area contributed by atoms with Gasteiger partial charge in [-0.2, -0.15) is 0 Å². The molecule has 2 aliphatic rings. The Bertz CT molecular complexity index is 660. The average molecular weight is 338 g/mol. The van der Waals surface area contributed by atoms with Crippen LogP contribution in [0.4, 0.5) is 5.69 Å². The Balaban J connectivity index is 1.71. The van der Waals surface area contributed by atoms with Gasteiger partial charge in [0.2, 0.25) is 10.0 Å². The molecule has 3 rings (SSSR count). The average Bonchev–Trinajstić information content (AvgIpc) is 2.53. The first-order valence-corrected chi connectivity index (χ1v) is 9.89. The Kier molecular flexibility index (Phi) is 4.94. The first-order valence-electron chi connectivity index (χ1n) is 8.41. The van der Waals surface area contributed by atoms with Crippen molar-refractivity contribution in [1.29, 1.82) is 0 Å². The number of nitrogens with zero attached hydrogens (tertiary/aromatic N) is 1. The van der Waals surface area contributed by atoms with Crippen LogP contribution in [0.2, 0.25) is 0 Å². The summed E-state index contributed by atoms with van der Waals surface area (Å²) in [5.74, 6) is 0.355. The number of ether oxygens (including phenoxy) is 1. The summed E-state index contributed by atoms with van der Waals surface area (Å²) in [6.07, 6.45) is 4.19. The van der Waals surface area contributed by atoms with Crippen LogP contribution in [0.3, 0.4) is 0 Å². The van der Waals surface area contributed by atoms with Crippen molar-refractivity contribution in [2.45, 2.75) is 43.6 Å². The first kappa shape index (κ1) is 16.7. The monoisotopic (exact) mass is 338 g/mol. The van der Waals surface area contributed by atoms with E-state index in [1.165, 1.54) is 5.56 Å². The van der Waals surface area contributed by atoms with Crippen LogP contribution in [-0.4, -0.2) is 41.3 Å². The molecule has 1 fully saturated rings. The van der Waals surface area contributed by atoms with Gasteiger partial charge in [0.15, 0.2) is 0 Å². The number of aryl methyl sites for hydroxylation is 1. The lowest BCUT2D eigenvalue weighted by Gasteiger charge is -2.28. The molecule has 0 radical (unpaired) electrons. The van der Waals surface area contributed by atoms with Crippen molar-refractivity contribution in [2.24, 2.45) is 5.92 Å². The third-order valence-electron chi connectivity index (χ3n) is 4.87. The molecule has 1 saturated heterocycles. The third-order valence-corrected chi connectivity index (χ3v) is 6.29. The minimum atomic E-state index is -3.45. The van der Waals surface area contributed by atoms with Crippen molar-refractivity contribution < 1.29 is 13.2 Å². The molecule has 6 heteroatoms. The smallest absolute Gasteiger partial charge is 0.240 e. The van der Waals surface area contributed by atoms with Gasteiger partial charge in [-0.1, -0.05) is 6.07 Å². The Morgan fingerprint density at radius 2 is 2.22 bits per heavy atom. The number of hydrogen-bond acceptors (Lipinski definition) is 4. The van der Waals surface area contributed by atoms with Gasteiger partial charge in [-0.3, -0.25) is 0 Å². The lowest BCUT2D eigenvalue weighted by Crippen LogP contribution is -2.34. The highest BCUT2D eigenvalue weighted by Gasteiger charge is 2.23. The number of fused-ring (bicyclic) bond motifs is 1. The fourth-order valence-electron chi connectivity index (χ4n) is 3.49. The molecule has 2 aliphatic heterocycles. The summed E-state index contributed by atoms with van der Waals surface area (Å²) in [5.41, 5.74) is 2.27. The van der Waals surface area contributed by atoms with Crippen LogP contribution in [0.25, 0.3) is 0 Å². The van der Waals surface area contributed by atoms with Gasteiger partial charge in [-0.25, -0.2) is 13.1 Å². The second kappa shape index (κ2) is 6.79. The molecule has 0 aliphatic carbocycles. The summed E-state index contributed by atoms with van der Waals surface area (Å²) < 4.78 is 33.5. The number of hydrogen-bond donors (Lipinski definition) is 1. The summed E-state index contributed by atoms with van der Waals surface area (Å²) in [5, 5.41) is 0. The van der Waals surface area contributed by atoms with Crippen molar-refractivity contribution in [2.75, 3.05) is 31.6 Å². The van der Waals surface area contributed by atoms with E-state index in [1.54, 1.807) is 6.07 Å². The van der Waals surface area contributed by atoms with Gasteiger partial charge in [-0.05, 0) is 56.2 Å². The van der Waals surface area contributed by atoms with Gasteiger partial charge >= 0.3 is 0 Å². The minimum absolute atomic E-state index is 0.218. The maximum absolute atomic E-state index is 12.6. The van der Waals surface area contributed by atoms with Gasteiger partial charge in [0.1, 0.15) is 0 Å². The quantitative estimate of drug-likeness (QED) is 0.914. The molecule has 2 heterocycles. The molecule has 128 valence electrons. The molecule has 2 atom stereocenters. The highest BCUT2D eigenvalue weighted by molar-refractivity contribution is 7.89. The van der Waals surface area contributed by atoms with Crippen LogP contribution in [0.15, 0.2) is 23.1 Å². The zero-order valence-electron chi connectivity index (χ0n) is 13.9. The predicted octanol–water partition coefficient (Wildman–Crippen LogP) is 2.16. The summed E-state index contributed by atoms with van der Waals surface area (Å²) in [6, 6.07) is 5.49. The van der Waals surface area contributed by atoms with Crippen LogP contribution >= 0.6 is 0 Å². The van der Waals surface area contributed by atoms with E-state index < -0.39 is 10.0 Å². The van der Waals surface area contributed by atoms with E-state index in [0.29, 0.717) is 17.4 Å². The Morgan fingerprint density at radius 3 is 3.00 bits per heavy atom. The second-order valence-electron chi connectivity index (χ2n) is 6.74. The van der Waals surface area contributed by atoms with E-state index in [9.17, 15) is 8.42 Å². The van der Waals surface area contributed by atoms with Gasteiger partial charge in [0, 0.05) is 32.4 Å². The predicted molar refractivity (Wildman–Crippen MR) is 91.4 cm³/mol. The van der Waals surface area contributed by atoms with Crippen molar-refractivity contribution in [3.63, 3.8) is 0 Å². The molecule has 0 amide bonds. The molecule has 0 spiro atoms. The largest absolute Gasteiger partial charge is 0.378 e. The van der Waals surface area contributed by atoms with Gasteiger partial charge in [0.25, 0.3) is 0 Å². The Hall–Kier alpha value is -1.11. The molecular weight excluding hydrogens is 312 g/mol. The summed E-state index contributed by atoms with van der Waals surface area (Å²) in [6.45, 7) is 4.23. The highest BCUT2D eigenvalue weighted by atomic mass is 32.2. The molecule has 23 heavy (non-hydrogen) atoms. The van der Waals surface area contributed by atoms with Gasteiger partial charge in [-0.15, -0.1) is 0 Å². The van der Waals surface area contributed by atoms with Crippen molar-refractivity contribution >= 4 is 15.7 Å². The fraction of sp³-hybridized carbons (Fsp3) is 0.647. The molecular formula is C17H26N2O3S. The fourth-order valence-corrected chi connectivity index (χ4v) is 4.63. The SMILES string of the molecule is C[C@H]1C[C@H](CNS(=O)(=O)c2ccc3c(c2)N(C)CCC3)CCO1. The molecule has 1 N–H and O–H groups in total. The number of benzene rings is 1. The van der Waals surface area contributed by atoms with E-state index in [2.05, 4.69) is 9.62 Å². The van der Waals surface area contributed by atoms with Crippen LogP contribution in [0, 0.1) is 5.92 Å². The van der Waals surface area contributed by atoms with Crippen LogP contribution < -0.4 is 9.62 Å². The lowest BCUT2D eigenvalue weighted by molar-refractivity contribution is 0.00397. The Morgan fingerprint density at radius 1 is 1.39 bits per heavy atom. The molecule has 0 unspecified atom stereocenters. The number of nitrogens with one attached hydrogen (secondary N) is 1. The summed E-state index contributed by atoms with van der Waals surface area (Å²) >= 11 is 0. The number of rotatable bonds is 4. The molecule has 5 nitrogen and oxygen atoms in total. The standard InChI is InChI=1S/C17H26N2O3S/c1-13-10-14(7-9-22-13)12-18-23(20,21)16-6-5-15-4-3-8-19(2)17(15)11-16/h5-6,11,13-14,18H,3-4,7-10,12H2,1-2H3/t13-,14+/m0/s1. The maximum atomic E-state index is 12.6. The normalized spacial score (nSPS) is 25.2. The second-order valence-corrected chi connectivity index (χ2v) is 8.51. The van der Waals surface area contributed by atoms with E-state index in [0.717, 1.165) is 44.5 Å². The Labute approximate surface area is 139 Å². The zero-order valence-corrected chi connectivity index (χ0v) is 14.7. The summed E-state index contributed by atoms with van der Waals surface area (Å²) in [4.78, 5) is 2.50. The molecule has 0 aromatic heterocycles. The third kappa shape index (κ3) is 3.87. The van der Waals surface area contributed by atoms with Crippen LogP contribution in [-0.2, 0) is 21.2 Å². The molecule has 1 aromatic carbocycles. The van der Waals surface area contributed by atoms with E-state index in [4.69, 9.17) is 4.74 Å². The zero-order chi connectivity index (χ0) is 16.4. The van der Waals surface area contributed by atoms with Crippen LogP contribution in [0.5, 0.6) is 0 Å². The topological polar surface area (TPSA) is 58.6 Å². The minimum Gasteiger partial charge on any atom is -0.378 e. The first-order chi connectivity index (χ1) is 11.0. The number of sulfonamides is 1. The maximum Gasteiger partial charge on any atom is 0.240 e. The van der Waals surface area contributed by atoms with Gasteiger partial charge in [0.05, 0.1) is 11.0 Å². The van der Waals surface area contributed by atoms with E-state index in [-0.39, 0.29) is 6.10 Å². The van der Waals surface area contributed by atoms with E-state index in [1.807, 2.05) is 26.1 Å². The lowest BCUT2D eigenvalue weighted by atomic mass is 9.97. The van der Waals surface area contributed by atoms with Gasteiger partial charge < -0.3 is 9.64 Å². The van der Waals surface area contributed by atoms with Crippen molar-refractivity contribution in [1.82, 2.24) is 4.72 Å². The molecule has 0 saturated carbocycles. The van der Waals surface area contributed by atoms with Crippen molar-refractivity contribution in [3.05, 3.63) is 23.8 Å². The number of anilines is 1. The van der Waals surface area contributed by atoms with Crippen molar-refractivity contribution in [3.8, 4) is 0 Å². The molecule has 1 aromatic rings. The van der Waals surface area contributed by atoms with E-state index >= 15 is 0 Å².